The Bertz CT molecular complexity index is 973. The lowest BCUT2D eigenvalue weighted by Crippen LogP contribution is -2.07. The second kappa shape index (κ2) is 7.09. The smallest absolute Gasteiger partial charge is 0.277 e. The van der Waals surface area contributed by atoms with E-state index in [9.17, 15) is 13.2 Å². The van der Waals surface area contributed by atoms with Gasteiger partial charge in [0.1, 0.15) is 0 Å². The Morgan fingerprint density at radius 1 is 1.30 bits per heavy atom. The number of Topliss-reactive ketones (excluding diaryl/α,β-unsaturated/α-hetero) is 1. The highest BCUT2D eigenvalue weighted by molar-refractivity contribution is 7.99. The highest BCUT2D eigenvalue weighted by Gasteiger charge is 2.30. The fourth-order valence-corrected chi connectivity index (χ4v) is 6.34. The fraction of sp³-hybridized carbons (Fsp3) is 0.611. The van der Waals surface area contributed by atoms with Crippen molar-refractivity contribution in [2.45, 2.75) is 50.8 Å². The highest BCUT2D eigenvalue weighted by atomic mass is 32.2. The van der Waals surface area contributed by atoms with Crippen LogP contribution >= 0.6 is 11.8 Å². The lowest BCUT2D eigenvalue weighted by atomic mass is 10.1. The summed E-state index contributed by atoms with van der Waals surface area (Å²) in [6.45, 7) is 4.05. The van der Waals surface area contributed by atoms with Crippen molar-refractivity contribution in [3.8, 4) is 0 Å². The number of hydrogen-bond acceptors (Lipinski definition) is 7. The Morgan fingerprint density at radius 2 is 2.07 bits per heavy atom. The first-order chi connectivity index (χ1) is 12.8. The van der Waals surface area contributed by atoms with Crippen LogP contribution in [-0.2, 0) is 16.3 Å². The molecule has 9 heteroatoms. The predicted octanol–water partition coefficient (Wildman–Crippen LogP) is 2.78. The first-order valence-electron chi connectivity index (χ1n) is 9.19. The molecular formula is C18H23N3O4S2. The minimum atomic E-state index is -2.91. The van der Waals surface area contributed by atoms with Crippen LogP contribution in [0, 0.1) is 19.8 Å². The zero-order chi connectivity index (χ0) is 19.2. The number of sulfone groups is 1. The van der Waals surface area contributed by atoms with Gasteiger partial charge in [0.05, 0.1) is 17.3 Å². The number of nitrogens with zero attached hydrogens (tertiary/aromatic N) is 3. The van der Waals surface area contributed by atoms with Crippen molar-refractivity contribution in [2.24, 2.45) is 5.92 Å². The number of thioether (sulfide) groups is 1. The minimum absolute atomic E-state index is 0.0442. The van der Waals surface area contributed by atoms with E-state index in [4.69, 9.17) is 4.42 Å². The SMILES string of the molecule is Cc1cc(C(=O)CSc2nnc(C[C@H]3CCS(=O)(=O)C3)o2)c(C)n1C1CC1. The molecule has 2 fully saturated rings. The van der Waals surface area contributed by atoms with Crippen molar-refractivity contribution < 1.29 is 17.6 Å². The molecule has 146 valence electrons. The number of ketones is 1. The molecule has 1 saturated carbocycles. The number of rotatable bonds is 7. The van der Waals surface area contributed by atoms with E-state index in [0.29, 0.717) is 30.0 Å². The summed E-state index contributed by atoms with van der Waals surface area (Å²) < 4.78 is 30.9. The molecule has 0 N–H and O–H groups in total. The number of carbonyl (C=O) groups is 1. The molecule has 0 radical (unpaired) electrons. The van der Waals surface area contributed by atoms with Gasteiger partial charge in [0.2, 0.25) is 5.89 Å². The lowest BCUT2D eigenvalue weighted by Gasteiger charge is -2.07. The number of aryl methyl sites for hydroxylation is 1. The first-order valence-corrected chi connectivity index (χ1v) is 12.0. The maximum absolute atomic E-state index is 12.6. The van der Waals surface area contributed by atoms with Crippen molar-refractivity contribution in [1.82, 2.24) is 14.8 Å². The van der Waals surface area contributed by atoms with E-state index < -0.39 is 9.84 Å². The quantitative estimate of drug-likeness (QED) is 0.512. The monoisotopic (exact) mass is 409 g/mol. The topological polar surface area (TPSA) is 95.1 Å². The van der Waals surface area contributed by atoms with Gasteiger partial charge in [0, 0.05) is 29.4 Å². The third-order valence-corrected chi connectivity index (χ3v) is 7.92. The van der Waals surface area contributed by atoms with Crippen LogP contribution in [0.1, 0.15) is 52.9 Å². The molecule has 2 aromatic heterocycles. The number of aromatic nitrogens is 3. The van der Waals surface area contributed by atoms with Gasteiger partial charge in [0.25, 0.3) is 5.22 Å². The third kappa shape index (κ3) is 4.13. The summed E-state index contributed by atoms with van der Waals surface area (Å²) in [5.74, 6) is 1.21. The molecule has 1 atom stereocenters. The highest BCUT2D eigenvalue weighted by Crippen LogP contribution is 2.38. The summed E-state index contributed by atoms with van der Waals surface area (Å²) in [7, 11) is -2.91. The van der Waals surface area contributed by atoms with E-state index in [2.05, 4.69) is 14.8 Å². The molecule has 2 aromatic rings. The minimum Gasteiger partial charge on any atom is -0.416 e. The summed E-state index contributed by atoms with van der Waals surface area (Å²) in [4.78, 5) is 12.6. The van der Waals surface area contributed by atoms with E-state index in [1.54, 1.807) is 0 Å². The Kier molecular flexibility index (Phi) is 4.92. The number of carbonyl (C=O) groups excluding carboxylic acids is 1. The van der Waals surface area contributed by atoms with Gasteiger partial charge in [0.15, 0.2) is 15.6 Å². The summed E-state index contributed by atoms with van der Waals surface area (Å²) in [6.07, 6.45) is 3.49. The van der Waals surface area contributed by atoms with Crippen LogP contribution in [0.15, 0.2) is 15.7 Å². The molecule has 3 heterocycles. The molecule has 0 spiro atoms. The molecule has 2 aliphatic rings. The first kappa shape index (κ1) is 18.7. The van der Waals surface area contributed by atoms with E-state index >= 15 is 0 Å². The normalized spacial score (nSPS) is 21.6. The molecule has 1 aliphatic carbocycles. The van der Waals surface area contributed by atoms with E-state index in [1.165, 1.54) is 24.6 Å². The molecule has 0 bridgehead atoms. The van der Waals surface area contributed by atoms with Crippen LogP contribution in [0.2, 0.25) is 0 Å². The van der Waals surface area contributed by atoms with Gasteiger partial charge in [-0.1, -0.05) is 11.8 Å². The van der Waals surface area contributed by atoms with Crippen LogP contribution in [0.5, 0.6) is 0 Å². The molecule has 0 unspecified atom stereocenters. The zero-order valence-corrected chi connectivity index (χ0v) is 17.1. The standard InChI is InChI=1S/C18H23N3O4S2/c1-11-7-15(12(2)21(11)14-3-4-14)16(22)9-26-18-20-19-17(25-18)8-13-5-6-27(23,24)10-13/h7,13-14H,3-6,8-10H2,1-2H3/t13-/m1/s1. The zero-order valence-electron chi connectivity index (χ0n) is 15.5. The third-order valence-electron chi connectivity index (χ3n) is 5.26. The van der Waals surface area contributed by atoms with Crippen LogP contribution in [0.25, 0.3) is 0 Å². The Labute approximate surface area is 162 Å². The molecule has 4 rings (SSSR count). The van der Waals surface area contributed by atoms with E-state index in [1.807, 2.05) is 19.9 Å². The van der Waals surface area contributed by atoms with Gasteiger partial charge in [-0.15, -0.1) is 10.2 Å². The Morgan fingerprint density at radius 3 is 2.74 bits per heavy atom. The maximum atomic E-state index is 12.6. The van der Waals surface area contributed by atoms with Crippen LogP contribution in [-0.4, -0.2) is 46.2 Å². The molecule has 0 aromatic carbocycles. The molecule has 7 nitrogen and oxygen atoms in total. The average Bonchev–Trinajstić information content (AvgIpc) is 3.12. The van der Waals surface area contributed by atoms with Crippen molar-refractivity contribution in [3.63, 3.8) is 0 Å². The maximum Gasteiger partial charge on any atom is 0.277 e. The molecule has 1 saturated heterocycles. The van der Waals surface area contributed by atoms with Gasteiger partial charge in [-0.3, -0.25) is 4.79 Å². The van der Waals surface area contributed by atoms with Crippen molar-refractivity contribution in [2.75, 3.05) is 17.3 Å². The van der Waals surface area contributed by atoms with Gasteiger partial charge in [-0.2, -0.15) is 0 Å². The molecule has 27 heavy (non-hydrogen) atoms. The van der Waals surface area contributed by atoms with Gasteiger partial charge in [-0.25, -0.2) is 8.42 Å². The van der Waals surface area contributed by atoms with E-state index in [0.717, 1.165) is 17.0 Å². The summed E-state index contributed by atoms with van der Waals surface area (Å²) in [5.41, 5.74) is 2.94. The summed E-state index contributed by atoms with van der Waals surface area (Å²) >= 11 is 1.23. The Balaban J connectivity index is 1.35. The van der Waals surface area contributed by atoms with Gasteiger partial charge >= 0.3 is 0 Å². The number of hydrogen-bond donors (Lipinski definition) is 0. The second-order valence-electron chi connectivity index (χ2n) is 7.53. The second-order valence-corrected chi connectivity index (χ2v) is 10.7. The summed E-state index contributed by atoms with van der Waals surface area (Å²) in [5, 5.41) is 8.34. The molecule has 0 amide bonds. The van der Waals surface area contributed by atoms with E-state index in [-0.39, 0.29) is 29.0 Å². The van der Waals surface area contributed by atoms with Crippen molar-refractivity contribution in [3.05, 3.63) is 28.9 Å². The predicted molar refractivity (Wildman–Crippen MR) is 102 cm³/mol. The van der Waals surface area contributed by atoms with Gasteiger partial charge in [-0.05, 0) is 45.1 Å². The molecular weight excluding hydrogens is 386 g/mol. The largest absolute Gasteiger partial charge is 0.416 e. The van der Waals surface area contributed by atoms with Crippen LogP contribution < -0.4 is 0 Å². The summed E-state index contributed by atoms with van der Waals surface area (Å²) in [6, 6.07) is 2.52. The average molecular weight is 410 g/mol. The van der Waals surface area contributed by atoms with Crippen LogP contribution in [0.3, 0.4) is 0 Å². The van der Waals surface area contributed by atoms with Crippen LogP contribution in [0.4, 0.5) is 0 Å². The van der Waals surface area contributed by atoms with Crippen molar-refractivity contribution in [1.29, 1.82) is 0 Å². The van der Waals surface area contributed by atoms with Gasteiger partial charge < -0.3 is 8.98 Å². The lowest BCUT2D eigenvalue weighted by molar-refractivity contribution is 0.102. The molecule has 1 aliphatic heterocycles. The fourth-order valence-electron chi connectivity index (χ4n) is 3.82. The Hall–Kier alpha value is -1.61. The van der Waals surface area contributed by atoms with Crippen molar-refractivity contribution >= 4 is 27.4 Å².